The fourth-order valence-corrected chi connectivity index (χ4v) is 2.12. The van der Waals surface area contributed by atoms with Crippen LogP contribution in [0.15, 0.2) is 24.3 Å². The molecule has 1 aliphatic rings. The lowest BCUT2D eigenvalue weighted by Crippen LogP contribution is -2.39. The van der Waals surface area contributed by atoms with Crippen molar-refractivity contribution in [2.45, 2.75) is 19.4 Å². The van der Waals surface area contributed by atoms with Gasteiger partial charge >= 0.3 is 0 Å². The molecule has 1 heterocycles. The summed E-state index contributed by atoms with van der Waals surface area (Å²) in [6, 6.07) is 7.21. The van der Waals surface area contributed by atoms with Gasteiger partial charge in [-0.05, 0) is 25.5 Å². The molecule has 0 aromatic heterocycles. The fraction of sp³-hybridized carbons (Fsp3) is 0.429. The molecule has 2 amide bonds. The minimum Gasteiger partial charge on any atom is -0.391 e. The van der Waals surface area contributed by atoms with Gasteiger partial charge in [-0.2, -0.15) is 0 Å². The number of benzene rings is 1. The van der Waals surface area contributed by atoms with Crippen LogP contribution in [0.3, 0.4) is 0 Å². The van der Waals surface area contributed by atoms with Gasteiger partial charge in [0.25, 0.3) is 5.91 Å². The van der Waals surface area contributed by atoms with E-state index in [0.29, 0.717) is 25.1 Å². The molecule has 2 N–H and O–H groups in total. The highest BCUT2D eigenvalue weighted by Crippen LogP contribution is 2.08. The molecule has 5 nitrogen and oxygen atoms in total. The van der Waals surface area contributed by atoms with Crippen molar-refractivity contribution in [1.29, 1.82) is 0 Å². The van der Waals surface area contributed by atoms with E-state index in [1.807, 2.05) is 19.1 Å². The Morgan fingerprint density at radius 1 is 1.47 bits per heavy atom. The molecule has 1 aromatic carbocycles. The van der Waals surface area contributed by atoms with Crippen molar-refractivity contribution >= 4 is 11.8 Å². The lowest BCUT2D eigenvalue weighted by Gasteiger charge is -2.15. The van der Waals surface area contributed by atoms with Crippen molar-refractivity contribution in [1.82, 2.24) is 10.2 Å². The van der Waals surface area contributed by atoms with Gasteiger partial charge in [-0.25, -0.2) is 0 Å². The number of amides is 2. The van der Waals surface area contributed by atoms with Gasteiger partial charge < -0.3 is 15.3 Å². The van der Waals surface area contributed by atoms with E-state index >= 15 is 0 Å². The van der Waals surface area contributed by atoms with Crippen LogP contribution in [0.25, 0.3) is 0 Å². The second-order valence-electron chi connectivity index (χ2n) is 4.83. The van der Waals surface area contributed by atoms with Crippen molar-refractivity contribution in [2.75, 3.05) is 19.6 Å². The van der Waals surface area contributed by atoms with E-state index in [2.05, 4.69) is 5.32 Å². The average molecular weight is 262 g/mol. The molecule has 5 heteroatoms. The zero-order chi connectivity index (χ0) is 13.8. The Hall–Kier alpha value is -1.88. The summed E-state index contributed by atoms with van der Waals surface area (Å²) in [6.45, 7) is 2.80. The first-order valence-electron chi connectivity index (χ1n) is 6.37. The molecule has 2 rings (SSSR count). The number of rotatable bonds is 3. The molecule has 1 aliphatic heterocycles. The van der Waals surface area contributed by atoms with Crippen LogP contribution in [0.5, 0.6) is 0 Å². The van der Waals surface area contributed by atoms with Crippen LogP contribution in [0.1, 0.15) is 22.3 Å². The van der Waals surface area contributed by atoms with Crippen LogP contribution in [0, 0.1) is 6.92 Å². The van der Waals surface area contributed by atoms with Gasteiger partial charge in [0.1, 0.15) is 0 Å². The van der Waals surface area contributed by atoms with Gasteiger partial charge in [0.15, 0.2) is 0 Å². The quantitative estimate of drug-likeness (QED) is 0.824. The van der Waals surface area contributed by atoms with Crippen LogP contribution in [0.4, 0.5) is 0 Å². The Morgan fingerprint density at radius 2 is 2.26 bits per heavy atom. The fourth-order valence-electron chi connectivity index (χ4n) is 2.12. The van der Waals surface area contributed by atoms with E-state index in [-0.39, 0.29) is 18.4 Å². The number of nitrogens with zero attached hydrogens (tertiary/aromatic N) is 1. The molecule has 0 saturated carbocycles. The lowest BCUT2D eigenvalue weighted by molar-refractivity contribution is -0.129. The molecule has 1 aromatic rings. The Morgan fingerprint density at radius 3 is 2.89 bits per heavy atom. The lowest BCUT2D eigenvalue weighted by atomic mass is 10.1. The molecule has 19 heavy (non-hydrogen) atoms. The van der Waals surface area contributed by atoms with E-state index in [0.717, 1.165) is 5.56 Å². The number of nitrogens with one attached hydrogen (secondary N) is 1. The summed E-state index contributed by atoms with van der Waals surface area (Å²) in [5.41, 5.74) is 1.55. The first-order chi connectivity index (χ1) is 9.06. The smallest absolute Gasteiger partial charge is 0.251 e. The Kier molecular flexibility index (Phi) is 4.16. The summed E-state index contributed by atoms with van der Waals surface area (Å²) < 4.78 is 0. The number of carbonyl (C=O) groups is 2. The van der Waals surface area contributed by atoms with Crippen molar-refractivity contribution < 1.29 is 14.7 Å². The highest BCUT2D eigenvalue weighted by Gasteiger charge is 2.24. The monoisotopic (exact) mass is 262 g/mol. The van der Waals surface area contributed by atoms with Crippen LogP contribution < -0.4 is 5.32 Å². The molecular weight excluding hydrogens is 244 g/mol. The van der Waals surface area contributed by atoms with Gasteiger partial charge in [-0.15, -0.1) is 0 Å². The minimum absolute atomic E-state index is 0.0283. The normalized spacial score (nSPS) is 18.4. The zero-order valence-corrected chi connectivity index (χ0v) is 10.9. The highest BCUT2D eigenvalue weighted by atomic mass is 16.3. The predicted molar refractivity (Wildman–Crippen MR) is 70.7 cm³/mol. The van der Waals surface area contributed by atoms with Crippen LogP contribution in [0.2, 0.25) is 0 Å². The molecule has 1 saturated heterocycles. The van der Waals surface area contributed by atoms with Gasteiger partial charge in [0, 0.05) is 18.7 Å². The number of likely N-dealkylation sites (tertiary alicyclic amines) is 1. The largest absolute Gasteiger partial charge is 0.391 e. The van der Waals surface area contributed by atoms with Crippen molar-refractivity contribution in [2.24, 2.45) is 0 Å². The third-order valence-corrected chi connectivity index (χ3v) is 3.20. The molecule has 1 unspecified atom stereocenters. The predicted octanol–water partition coefficient (Wildman–Crippen LogP) is 0.318. The third-order valence-electron chi connectivity index (χ3n) is 3.20. The van der Waals surface area contributed by atoms with Crippen molar-refractivity contribution in [3.63, 3.8) is 0 Å². The molecule has 102 valence electrons. The minimum atomic E-state index is -0.434. The summed E-state index contributed by atoms with van der Waals surface area (Å²) in [7, 11) is 0. The zero-order valence-electron chi connectivity index (χ0n) is 10.9. The molecule has 0 radical (unpaired) electrons. The second kappa shape index (κ2) is 5.84. The number of aliphatic hydroxyl groups is 1. The number of carbonyl (C=O) groups excluding carboxylic acids is 2. The molecular formula is C14H18N2O3. The SMILES string of the molecule is Cc1cccc(C(=O)NCC(=O)N2CCC(O)C2)c1. The van der Waals surface area contributed by atoms with Crippen LogP contribution in [-0.4, -0.2) is 47.6 Å². The maximum Gasteiger partial charge on any atom is 0.251 e. The highest BCUT2D eigenvalue weighted by molar-refractivity contribution is 5.96. The first-order valence-corrected chi connectivity index (χ1v) is 6.37. The van der Waals surface area contributed by atoms with E-state index in [1.54, 1.807) is 17.0 Å². The standard InChI is InChI=1S/C14H18N2O3/c1-10-3-2-4-11(7-10)14(19)15-8-13(18)16-6-5-12(17)9-16/h2-4,7,12,17H,5-6,8-9H2,1H3,(H,15,19). The number of hydrogen-bond donors (Lipinski definition) is 2. The van der Waals surface area contributed by atoms with Gasteiger partial charge in [0.2, 0.25) is 5.91 Å². The second-order valence-corrected chi connectivity index (χ2v) is 4.83. The van der Waals surface area contributed by atoms with Crippen molar-refractivity contribution in [3.05, 3.63) is 35.4 Å². The van der Waals surface area contributed by atoms with E-state index in [9.17, 15) is 14.7 Å². The summed E-state index contributed by atoms with van der Waals surface area (Å²) in [5.74, 6) is -0.408. The molecule has 1 fully saturated rings. The average Bonchev–Trinajstić information content (AvgIpc) is 2.82. The maximum absolute atomic E-state index is 11.8. The van der Waals surface area contributed by atoms with Gasteiger partial charge in [-0.3, -0.25) is 9.59 Å². The molecule has 0 aliphatic carbocycles. The van der Waals surface area contributed by atoms with E-state index < -0.39 is 6.10 Å². The number of aryl methyl sites for hydroxylation is 1. The van der Waals surface area contributed by atoms with Crippen molar-refractivity contribution in [3.8, 4) is 0 Å². The Balaban J connectivity index is 1.85. The number of hydrogen-bond acceptors (Lipinski definition) is 3. The number of aliphatic hydroxyl groups excluding tert-OH is 1. The topological polar surface area (TPSA) is 69.6 Å². The third kappa shape index (κ3) is 3.54. The summed E-state index contributed by atoms with van der Waals surface area (Å²) >= 11 is 0. The summed E-state index contributed by atoms with van der Waals surface area (Å²) in [4.78, 5) is 25.2. The van der Waals surface area contributed by atoms with Gasteiger partial charge in [-0.1, -0.05) is 17.7 Å². The Labute approximate surface area is 112 Å². The summed E-state index contributed by atoms with van der Waals surface area (Å²) in [6.07, 6.45) is 0.175. The number of β-amino-alcohol motifs (C(OH)–C–C–N with tert-alkyl or cyclic N) is 1. The summed E-state index contributed by atoms with van der Waals surface area (Å²) in [5, 5.41) is 12.0. The molecule has 0 spiro atoms. The van der Waals surface area contributed by atoms with Crippen LogP contribution in [-0.2, 0) is 4.79 Å². The van der Waals surface area contributed by atoms with E-state index in [4.69, 9.17) is 0 Å². The Bertz CT molecular complexity index is 487. The van der Waals surface area contributed by atoms with Crippen LogP contribution >= 0.6 is 0 Å². The first kappa shape index (κ1) is 13.5. The maximum atomic E-state index is 11.8. The molecule has 0 bridgehead atoms. The van der Waals surface area contributed by atoms with Gasteiger partial charge in [0.05, 0.1) is 12.6 Å². The molecule has 1 atom stereocenters. The van der Waals surface area contributed by atoms with E-state index in [1.165, 1.54) is 0 Å².